The summed E-state index contributed by atoms with van der Waals surface area (Å²) in [6.45, 7) is 0. The number of carbonyl (C=O) groups excluding carboxylic acids is 1. The first kappa shape index (κ1) is 24.1. The van der Waals surface area contributed by atoms with Crippen LogP contribution in [0.25, 0.3) is 0 Å². The van der Waals surface area contributed by atoms with Crippen LogP contribution in [-0.2, 0) is 29.2 Å². The van der Waals surface area contributed by atoms with Gasteiger partial charge in [-0.15, -0.1) is 0 Å². The van der Waals surface area contributed by atoms with Crippen molar-refractivity contribution in [2.75, 3.05) is 0 Å². The molecule has 0 unspecified atom stereocenters. The van der Waals surface area contributed by atoms with Crippen LogP contribution in [0.15, 0.2) is 35.2 Å². The molecule has 1 aromatic carbocycles. The Labute approximate surface area is 179 Å². The van der Waals surface area contributed by atoms with Crippen LogP contribution in [0.4, 0.5) is 26.3 Å². The van der Waals surface area contributed by atoms with Gasteiger partial charge in [0.1, 0.15) is 5.69 Å². The quantitative estimate of drug-likeness (QED) is 0.668. The van der Waals surface area contributed by atoms with Crippen LogP contribution in [0.1, 0.15) is 47.4 Å². The molecule has 1 saturated carbocycles. The van der Waals surface area contributed by atoms with Crippen molar-refractivity contribution < 1.29 is 39.6 Å². The van der Waals surface area contributed by atoms with E-state index in [1.807, 2.05) is 0 Å². The highest BCUT2D eigenvalue weighted by Crippen LogP contribution is 2.34. The van der Waals surface area contributed by atoms with Crippen LogP contribution in [0.2, 0.25) is 0 Å². The molecule has 0 spiro atoms. The van der Waals surface area contributed by atoms with Crippen molar-refractivity contribution in [1.29, 1.82) is 0 Å². The van der Waals surface area contributed by atoms with Gasteiger partial charge in [-0.2, -0.15) is 31.4 Å². The number of alkyl halides is 6. The highest BCUT2D eigenvalue weighted by Gasteiger charge is 2.37. The molecule has 32 heavy (non-hydrogen) atoms. The molecule has 1 heterocycles. The van der Waals surface area contributed by atoms with E-state index in [1.165, 1.54) is 7.05 Å². The summed E-state index contributed by atoms with van der Waals surface area (Å²) in [6, 6.07) is 3.67. The van der Waals surface area contributed by atoms with Gasteiger partial charge < -0.3 is 5.32 Å². The van der Waals surface area contributed by atoms with E-state index in [0.717, 1.165) is 22.9 Å². The van der Waals surface area contributed by atoms with Gasteiger partial charge in [0.15, 0.2) is 15.5 Å². The number of nitrogens with one attached hydrogen (secondary N) is 1. The normalized spacial score (nSPS) is 20.2. The molecule has 3 rings (SSSR count). The number of aromatic nitrogens is 2. The standard InChI is InChI=1S/C19H19F6N3O3S/c1-28-15(10-16(27-28)19(23,24)25)17(29)26-12-5-7-13(8-6-12)32(30,31)14-4-2-3-11(9-14)18(20,21)22/h2-4,9-10,12-13H,5-8H2,1H3,(H,26,29)/t12-,13+. The van der Waals surface area contributed by atoms with Crippen LogP contribution < -0.4 is 5.32 Å². The molecule has 176 valence electrons. The first-order valence-corrected chi connectivity index (χ1v) is 11.1. The number of hydrogen-bond acceptors (Lipinski definition) is 4. The Morgan fingerprint density at radius 1 is 1.03 bits per heavy atom. The zero-order chi connectivity index (χ0) is 23.9. The van der Waals surface area contributed by atoms with Crippen LogP contribution >= 0.6 is 0 Å². The number of rotatable bonds is 4. The SMILES string of the molecule is Cn1nc(C(F)(F)F)cc1C(=O)N[C@H]1CC[C@@H](S(=O)(=O)c2cccc(C(F)(F)F)c2)CC1. The summed E-state index contributed by atoms with van der Waals surface area (Å²) >= 11 is 0. The van der Waals surface area contributed by atoms with Gasteiger partial charge in [0.2, 0.25) is 0 Å². The monoisotopic (exact) mass is 483 g/mol. The largest absolute Gasteiger partial charge is 0.435 e. The van der Waals surface area contributed by atoms with E-state index in [0.29, 0.717) is 12.1 Å². The lowest BCUT2D eigenvalue weighted by Gasteiger charge is -2.29. The van der Waals surface area contributed by atoms with Gasteiger partial charge in [-0.3, -0.25) is 9.48 Å². The molecule has 1 aromatic heterocycles. The fourth-order valence-corrected chi connectivity index (χ4v) is 5.47. The third-order valence-corrected chi connectivity index (χ3v) is 7.60. The zero-order valence-corrected chi connectivity index (χ0v) is 17.5. The number of halogens is 6. The maximum atomic E-state index is 12.9. The fourth-order valence-electron chi connectivity index (χ4n) is 3.64. The van der Waals surface area contributed by atoms with Gasteiger partial charge in [0.25, 0.3) is 5.91 Å². The van der Waals surface area contributed by atoms with Crippen molar-refractivity contribution >= 4 is 15.7 Å². The Kier molecular flexibility index (Phi) is 6.33. The molecule has 1 aliphatic carbocycles. The lowest BCUT2D eigenvalue weighted by Crippen LogP contribution is -2.40. The summed E-state index contributed by atoms with van der Waals surface area (Å²) in [4.78, 5) is 11.9. The van der Waals surface area contributed by atoms with Crippen LogP contribution in [0.5, 0.6) is 0 Å². The number of nitrogens with zero attached hydrogens (tertiary/aromatic N) is 2. The Hall–Kier alpha value is -2.57. The first-order valence-electron chi connectivity index (χ1n) is 9.53. The lowest BCUT2D eigenvalue weighted by molar-refractivity contribution is -0.141. The summed E-state index contributed by atoms with van der Waals surface area (Å²) in [5.74, 6) is -0.778. The van der Waals surface area contributed by atoms with Crippen LogP contribution in [0.3, 0.4) is 0 Å². The van der Waals surface area contributed by atoms with Crippen molar-refractivity contribution in [3.8, 4) is 0 Å². The van der Waals surface area contributed by atoms with Gasteiger partial charge in [-0.05, 0) is 43.9 Å². The van der Waals surface area contributed by atoms with E-state index < -0.39 is 55.5 Å². The molecule has 6 nitrogen and oxygen atoms in total. The van der Waals surface area contributed by atoms with E-state index in [2.05, 4.69) is 10.4 Å². The first-order chi connectivity index (χ1) is 14.7. The van der Waals surface area contributed by atoms with Gasteiger partial charge >= 0.3 is 12.4 Å². The molecule has 0 radical (unpaired) electrons. The second kappa shape index (κ2) is 8.41. The van der Waals surface area contributed by atoms with Crippen molar-refractivity contribution in [3.63, 3.8) is 0 Å². The molecule has 2 aromatic rings. The third-order valence-electron chi connectivity index (χ3n) is 5.34. The van der Waals surface area contributed by atoms with Crippen molar-refractivity contribution in [2.24, 2.45) is 7.05 Å². The summed E-state index contributed by atoms with van der Waals surface area (Å²) < 4.78 is 103. The Balaban J connectivity index is 1.65. The molecule has 13 heteroatoms. The molecule has 0 atom stereocenters. The minimum atomic E-state index is -4.70. The summed E-state index contributed by atoms with van der Waals surface area (Å²) in [5, 5.41) is 4.92. The summed E-state index contributed by atoms with van der Waals surface area (Å²) in [7, 11) is -2.82. The van der Waals surface area contributed by atoms with E-state index in [1.54, 1.807) is 0 Å². The maximum absolute atomic E-state index is 12.9. The van der Waals surface area contributed by atoms with Crippen molar-refractivity contribution in [1.82, 2.24) is 15.1 Å². The minimum Gasteiger partial charge on any atom is -0.348 e. The second-order valence-electron chi connectivity index (χ2n) is 7.55. The maximum Gasteiger partial charge on any atom is 0.435 e. The summed E-state index contributed by atoms with van der Waals surface area (Å²) in [6.07, 6.45) is -8.79. The van der Waals surface area contributed by atoms with Gasteiger partial charge in [0.05, 0.1) is 15.7 Å². The predicted molar refractivity (Wildman–Crippen MR) is 100 cm³/mol. The zero-order valence-electron chi connectivity index (χ0n) is 16.7. The van der Waals surface area contributed by atoms with Gasteiger partial charge in [0, 0.05) is 19.2 Å². The summed E-state index contributed by atoms with van der Waals surface area (Å²) in [5.41, 5.74) is -2.56. The van der Waals surface area contributed by atoms with Crippen LogP contribution in [-0.4, -0.2) is 35.4 Å². The number of carbonyl (C=O) groups is 1. The molecule has 1 aliphatic rings. The number of hydrogen-bond donors (Lipinski definition) is 1. The van der Waals surface area contributed by atoms with Gasteiger partial charge in [-0.1, -0.05) is 6.07 Å². The number of benzene rings is 1. The fraction of sp³-hybridized carbons (Fsp3) is 0.474. The number of sulfone groups is 1. The average molecular weight is 483 g/mol. The molecule has 1 fully saturated rings. The molecular formula is C19H19F6N3O3S. The minimum absolute atomic E-state index is 0.0860. The van der Waals surface area contributed by atoms with Crippen molar-refractivity contribution in [2.45, 2.75) is 54.2 Å². The molecule has 0 bridgehead atoms. The topological polar surface area (TPSA) is 81.1 Å². The molecular weight excluding hydrogens is 464 g/mol. The number of aryl methyl sites for hydroxylation is 1. The van der Waals surface area contributed by atoms with Crippen molar-refractivity contribution in [3.05, 3.63) is 47.3 Å². The number of amides is 1. The predicted octanol–water partition coefficient (Wildman–Crippen LogP) is 3.97. The van der Waals surface area contributed by atoms with E-state index in [9.17, 15) is 39.6 Å². The van der Waals surface area contributed by atoms with E-state index in [-0.39, 0.29) is 31.4 Å². The van der Waals surface area contributed by atoms with E-state index in [4.69, 9.17) is 0 Å². The smallest absolute Gasteiger partial charge is 0.348 e. The Morgan fingerprint density at radius 2 is 1.66 bits per heavy atom. The Morgan fingerprint density at radius 3 is 2.19 bits per heavy atom. The molecule has 0 aliphatic heterocycles. The second-order valence-corrected chi connectivity index (χ2v) is 9.78. The molecule has 1 N–H and O–H groups in total. The average Bonchev–Trinajstić information content (AvgIpc) is 3.10. The molecule has 0 saturated heterocycles. The van der Waals surface area contributed by atoms with E-state index >= 15 is 0 Å². The highest BCUT2D eigenvalue weighted by atomic mass is 32.2. The van der Waals surface area contributed by atoms with Crippen LogP contribution in [0, 0.1) is 0 Å². The Bertz CT molecular complexity index is 1100. The van der Waals surface area contributed by atoms with Gasteiger partial charge in [-0.25, -0.2) is 8.42 Å². The third kappa shape index (κ3) is 5.08. The lowest BCUT2D eigenvalue weighted by atomic mass is 9.95. The highest BCUT2D eigenvalue weighted by molar-refractivity contribution is 7.92. The molecule has 1 amide bonds.